The van der Waals surface area contributed by atoms with Crippen LogP contribution in [0.5, 0.6) is 0 Å². The Morgan fingerprint density at radius 1 is 1.53 bits per heavy atom. The van der Waals surface area contributed by atoms with E-state index >= 15 is 0 Å². The van der Waals surface area contributed by atoms with Gasteiger partial charge < -0.3 is 16.2 Å². The smallest absolute Gasteiger partial charge is 0.347 e. The number of nitrogens with one attached hydrogen (secondary N) is 1. The number of hydrogen-bond donors (Lipinski definition) is 3. The Balaban J connectivity index is 2.60. The van der Waals surface area contributed by atoms with Gasteiger partial charge >= 0.3 is 5.97 Å². The van der Waals surface area contributed by atoms with E-state index in [-0.39, 0.29) is 23.2 Å². The van der Waals surface area contributed by atoms with E-state index in [4.69, 9.17) is 10.8 Å². The predicted molar refractivity (Wildman–Crippen MR) is 73.1 cm³/mol. The maximum atomic E-state index is 11.8. The Kier molecular flexibility index (Phi) is 5.44. The van der Waals surface area contributed by atoms with Crippen LogP contribution >= 0.6 is 11.3 Å². The molecule has 0 aromatic carbocycles. The fraction of sp³-hybridized carbons (Fsp3) is 0.583. The number of carboxylic acids is 1. The van der Waals surface area contributed by atoms with Gasteiger partial charge in [0.25, 0.3) is 0 Å². The number of aromatic carboxylic acids is 1. The average Bonchev–Trinajstić information content (AvgIpc) is 2.75. The maximum Gasteiger partial charge on any atom is 0.347 e. The van der Waals surface area contributed by atoms with Crippen LogP contribution in [0, 0.1) is 12.8 Å². The average molecular weight is 285 g/mol. The van der Waals surface area contributed by atoms with Crippen molar-refractivity contribution in [2.45, 2.75) is 39.8 Å². The summed E-state index contributed by atoms with van der Waals surface area (Å²) in [6, 6.07) is -0.551. The molecule has 2 atom stereocenters. The molecule has 4 N–H and O–H groups in total. The number of carbonyl (C=O) groups is 2. The van der Waals surface area contributed by atoms with E-state index in [0.717, 1.165) is 17.8 Å². The van der Waals surface area contributed by atoms with Gasteiger partial charge in [-0.1, -0.05) is 20.3 Å². The number of carboxylic acid groups (broad SMARTS) is 1. The molecule has 19 heavy (non-hydrogen) atoms. The van der Waals surface area contributed by atoms with Crippen LogP contribution in [0.2, 0.25) is 0 Å². The van der Waals surface area contributed by atoms with Gasteiger partial charge in [0.2, 0.25) is 5.91 Å². The van der Waals surface area contributed by atoms with E-state index in [2.05, 4.69) is 10.3 Å². The van der Waals surface area contributed by atoms with Crippen LogP contribution < -0.4 is 11.1 Å². The number of nitrogens with two attached hydrogens (primary N) is 1. The number of hydrogen-bond acceptors (Lipinski definition) is 5. The molecule has 0 aliphatic heterocycles. The highest BCUT2D eigenvalue weighted by molar-refractivity contribution is 7.13. The molecule has 1 aromatic heterocycles. The van der Waals surface area contributed by atoms with Crippen LogP contribution in [0.25, 0.3) is 0 Å². The lowest BCUT2D eigenvalue weighted by Gasteiger charge is -2.17. The van der Waals surface area contributed by atoms with Gasteiger partial charge in [0.1, 0.15) is 9.88 Å². The second kappa shape index (κ2) is 6.63. The first kappa shape index (κ1) is 15.6. The van der Waals surface area contributed by atoms with Crippen molar-refractivity contribution < 1.29 is 14.7 Å². The second-order valence-electron chi connectivity index (χ2n) is 4.46. The highest BCUT2D eigenvalue weighted by atomic mass is 32.1. The normalized spacial score (nSPS) is 13.9. The zero-order valence-electron chi connectivity index (χ0n) is 11.3. The van der Waals surface area contributed by atoms with E-state index in [1.54, 1.807) is 6.92 Å². The molecule has 0 radical (unpaired) electrons. The van der Waals surface area contributed by atoms with Crippen molar-refractivity contribution in [3.8, 4) is 0 Å². The fourth-order valence-corrected chi connectivity index (χ4v) is 2.36. The third kappa shape index (κ3) is 4.00. The summed E-state index contributed by atoms with van der Waals surface area (Å²) in [5, 5.41) is 12.2. The summed E-state index contributed by atoms with van der Waals surface area (Å²) < 4.78 is 0. The molecule has 106 valence electrons. The lowest BCUT2D eigenvalue weighted by atomic mass is 9.99. The molecule has 1 heterocycles. The molecule has 1 aromatic rings. The highest BCUT2D eigenvalue weighted by Gasteiger charge is 2.20. The maximum absolute atomic E-state index is 11.8. The monoisotopic (exact) mass is 285 g/mol. The molecule has 6 nitrogen and oxygen atoms in total. The number of thiazole rings is 1. The number of amides is 1. The van der Waals surface area contributed by atoms with E-state index in [0.29, 0.717) is 10.7 Å². The second-order valence-corrected chi connectivity index (χ2v) is 5.54. The summed E-state index contributed by atoms with van der Waals surface area (Å²) in [7, 11) is 0. The minimum Gasteiger partial charge on any atom is -0.477 e. The largest absolute Gasteiger partial charge is 0.477 e. The summed E-state index contributed by atoms with van der Waals surface area (Å²) in [5.74, 6) is -1.13. The number of aromatic nitrogens is 1. The molecular weight excluding hydrogens is 266 g/mol. The van der Waals surface area contributed by atoms with Crippen molar-refractivity contribution in [3.63, 3.8) is 0 Å². The van der Waals surface area contributed by atoms with E-state index in [1.807, 2.05) is 13.8 Å². The first-order chi connectivity index (χ1) is 8.86. The van der Waals surface area contributed by atoms with Gasteiger partial charge in [-0.2, -0.15) is 0 Å². The minimum atomic E-state index is -0.996. The van der Waals surface area contributed by atoms with Crippen LogP contribution in [0.1, 0.15) is 40.6 Å². The van der Waals surface area contributed by atoms with Gasteiger partial charge in [-0.05, 0) is 12.8 Å². The van der Waals surface area contributed by atoms with Gasteiger partial charge in [0.15, 0.2) is 0 Å². The quantitative estimate of drug-likeness (QED) is 0.727. The first-order valence-electron chi connectivity index (χ1n) is 6.09. The first-order valence-corrected chi connectivity index (χ1v) is 6.91. The number of nitrogens with zero attached hydrogens (tertiary/aromatic N) is 1. The minimum absolute atomic E-state index is 0.104. The number of aryl methyl sites for hydroxylation is 1. The predicted octanol–water partition coefficient (Wildman–Crippen LogP) is 1.14. The lowest BCUT2D eigenvalue weighted by Crippen LogP contribution is -2.44. The summed E-state index contributed by atoms with van der Waals surface area (Å²) in [4.78, 5) is 27.0. The Hall–Kier alpha value is -1.47. The Morgan fingerprint density at radius 3 is 2.63 bits per heavy atom. The molecule has 0 saturated carbocycles. The van der Waals surface area contributed by atoms with Crippen molar-refractivity contribution in [2.24, 2.45) is 11.7 Å². The van der Waals surface area contributed by atoms with Crippen LogP contribution in [0.15, 0.2) is 0 Å². The van der Waals surface area contributed by atoms with Gasteiger partial charge in [-0.25, -0.2) is 9.78 Å². The zero-order chi connectivity index (χ0) is 14.6. The van der Waals surface area contributed by atoms with Gasteiger partial charge in [0.05, 0.1) is 18.3 Å². The van der Waals surface area contributed by atoms with Crippen molar-refractivity contribution in [1.82, 2.24) is 10.3 Å². The van der Waals surface area contributed by atoms with Gasteiger partial charge in [-0.3, -0.25) is 4.79 Å². The number of rotatable bonds is 6. The molecule has 0 saturated heterocycles. The van der Waals surface area contributed by atoms with Gasteiger partial charge in [-0.15, -0.1) is 11.3 Å². The van der Waals surface area contributed by atoms with Crippen molar-refractivity contribution >= 4 is 23.2 Å². The Labute approximate surface area is 116 Å². The molecule has 0 bridgehead atoms. The molecule has 1 rings (SSSR count). The van der Waals surface area contributed by atoms with Crippen LogP contribution in [-0.2, 0) is 11.3 Å². The third-order valence-corrected chi connectivity index (χ3v) is 4.15. The summed E-state index contributed by atoms with van der Waals surface area (Å²) in [6.45, 7) is 5.74. The number of carbonyl (C=O) groups excluding carboxylic acids is 1. The lowest BCUT2D eigenvalue weighted by molar-refractivity contribution is -0.123. The van der Waals surface area contributed by atoms with Crippen molar-refractivity contribution in [2.75, 3.05) is 0 Å². The molecular formula is C12H19N3O3S. The van der Waals surface area contributed by atoms with Crippen LogP contribution in [-0.4, -0.2) is 28.0 Å². The van der Waals surface area contributed by atoms with E-state index in [9.17, 15) is 9.59 Å². The van der Waals surface area contributed by atoms with Crippen LogP contribution in [0.4, 0.5) is 0 Å². The Bertz CT molecular complexity index is 473. The standard InChI is InChI=1S/C12H19N3O3S/c1-4-6(2)9(13)11(16)14-5-8-15-7(3)10(19-8)12(17)18/h6,9H,4-5,13H2,1-3H3,(H,14,16)(H,17,18)/t6?,9-/m0/s1. The Morgan fingerprint density at radius 2 is 2.16 bits per heavy atom. The summed E-state index contributed by atoms with van der Waals surface area (Å²) >= 11 is 1.07. The third-order valence-electron chi connectivity index (χ3n) is 3.01. The van der Waals surface area contributed by atoms with Crippen molar-refractivity contribution in [1.29, 1.82) is 0 Å². The molecule has 0 aliphatic rings. The van der Waals surface area contributed by atoms with E-state index in [1.165, 1.54) is 0 Å². The molecule has 0 spiro atoms. The topological polar surface area (TPSA) is 105 Å². The van der Waals surface area contributed by atoms with Gasteiger partial charge in [0, 0.05) is 0 Å². The SMILES string of the molecule is CCC(C)[C@H](N)C(=O)NCc1nc(C)c(C(=O)O)s1. The zero-order valence-corrected chi connectivity index (χ0v) is 12.1. The van der Waals surface area contributed by atoms with E-state index < -0.39 is 12.0 Å². The summed E-state index contributed by atoms with van der Waals surface area (Å²) in [6.07, 6.45) is 0.827. The van der Waals surface area contributed by atoms with Crippen LogP contribution in [0.3, 0.4) is 0 Å². The molecule has 0 aliphatic carbocycles. The summed E-state index contributed by atoms with van der Waals surface area (Å²) in [5.41, 5.74) is 6.26. The van der Waals surface area contributed by atoms with Crippen molar-refractivity contribution in [3.05, 3.63) is 15.6 Å². The fourth-order valence-electron chi connectivity index (χ4n) is 1.52. The molecule has 1 amide bonds. The molecule has 1 unspecified atom stereocenters. The molecule has 7 heteroatoms. The molecule has 0 fully saturated rings. The highest BCUT2D eigenvalue weighted by Crippen LogP contribution is 2.17.